The Morgan fingerprint density at radius 3 is 2.50 bits per heavy atom. The Morgan fingerprint density at radius 2 is 1.83 bits per heavy atom. The minimum Gasteiger partial charge on any atom is -0.397 e. The number of nitrogens with two attached hydrogens (primary N) is 1. The highest BCUT2D eigenvalue weighted by atomic mass is 79.9. The lowest BCUT2D eigenvalue weighted by atomic mass is 10.1. The maximum absolute atomic E-state index is 13.5. The van der Waals surface area contributed by atoms with Gasteiger partial charge in [-0.2, -0.15) is 0 Å². The van der Waals surface area contributed by atoms with E-state index in [0.29, 0.717) is 15.8 Å². The van der Waals surface area contributed by atoms with E-state index in [9.17, 15) is 4.39 Å². The predicted octanol–water partition coefficient (Wildman–Crippen LogP) is 4.53. The molecule has 2 aromatic rings. The zero-order valence-corrected chi connectivity index (χ0v) is 11.8. The van der Waals surface area contributed by atoms with E-state index in [0.717, 1.165) is 5.69 Å². The van der Waals surface area contributed by atoms with E-state index in [1.807, 2.05) is 32.0 Å². The van der Waals surface area contributed by atoms with Crippen LogP contribution in [0.1, 0.15) is 11.1 Å². The maximum Gasteiger partial charge on any atom is 0.139 e. The Morgan fingerprint density at radius 1 is 1.11 bits per heavy atom. The van der Waals surface area contributed by atoms with Crippen LogP contribution in [-0.2, 0) is 0 Å². The number of nitrogens with one attached hydrogen (secondary N) is 1. The number of anilines is 3. The Hall–Kier alpha value is -1.55. The van der Waals surface area contributed by atoms with Crippen molar-refractivity contribution >= 4 is 33.0 Å². The third-order valence-corrected chi connectivity index (χ3v) is 3.49. The summed E-state index contributed by atoms with van der Waals surface area (Å²) in [4.78, 5) is 0. The molecule has 2 nitrogen and oxygen atoms in total. The highest BCUT2D eigenvalue weighted by molar-refractivity contribution is 9.10. The number of rotatable bonds is 2. The molecule has 0 atom stereocenters. The van der Waals surface area contributed by atoms with Gasteiger partial charge in [0.05, 0.1) is 15.8 Å². The van der Waals surface area contributed by atoms with Crippen LogP contribution in [0.4, 0.5) is 21.5 Å². The summed E-state index contributed by atoms with van der Waals surface area (Å²) in [5.41, 5.74) is 10.2. The minimum absolute atomic E-state index is 0.337. The van der Waals surface area contributed by atoms with E-state index < -0.39 is 0 Å². The van der Waals surface area contributed by atoms with Crippen molar-refractivity contribution in [1.29, 1.82) is 0 Å². The van der Waals surface area contributed by atoms with Crippen LogP contribution in [-0.4, -0.2) is 0 Å². The van der Waals surface area contributed by atoms with Crippen LogP contribution in [0.3, 0.4) is 0 Å². The Labute approximate surface area is 114 Å². The Kier molecular flexibility index (Phi) is 3.57. The first-order valence-corrected chi connectivity index (χ1v) is 6.35. The number of nitrogen functional groups attached to an aromatic ring is 1. The number of aryl methyl sites for hydroxylation is 2. The van der Waals surface area contributed by atoms with Crippen molar-refractivity contribution in [2.75, 3.05) is 11.1 Å². The van der Waals surface area contributed by atoms with E-state index >= 15 is 0 Å². The molecule has 0 amide bonds. The van der Waals surface area contributed by atoms with Gasteiger partial charge in [0.15, 0.2) is 0 Å². The van der Waals surface area contributed by atoms with Crippen molar-refractivity contribution in [3.63, 3.8) is 0 Å². The molecule has 0 aliphatic carbocycles. The van der Waals surface area contributed by atoms with Gasteiger partial charge < -0.3 is 11.1 Å². The van der Waals surface area contributed by atoms with Gasteiger partial charge >= 0.3 is 0 Å². The summed E-state index contributed by atoms with van der Waals surface area (Å²) in [6.45, 7) is 4.08. The lowest BCUT2D eigenvalue weighted by Crippen LogP contribution is -1.98. The predicted molar refractivity (Wildman–Crippen MR) is 77.7 cm³/mol. The molecule has 0 saturated carbocycles. The van der Waals surface area contributed by atoms with Crippen LogP contribution in [0.5, 0.6) is 0 Å². The first kappa shape index (κ1) is 12.9. The second kappa shape index (κ2) is 4.98. The average Bonchev–Trinajstić information content (AvgIpc) is 2.31. The van der Waals surface area contributed by atoms with Crippen LogP contribution < -0.4 is 11.1 Å². The second-order valence-corrected chi connectivity index (χ2v) is 5.13. The molecule has 2 rings (SSSR count). The molecule has 2 aromatic carbocycles. The number of hydrogen-bond acceptors (Lipinski definition) is 2. The van der Waals surface area contributed by atoms with E-state index in [1.54, 1.807) is 6.07 Å². The molecule has 0 heterocycles. The van der Waals surface area contributed by atoms with E-state index in [-0.39, 0.29) is 5.82 Å². The Bertz CT molecular complexity index is 597. The Balaban J connectivity index is 2.34. The summed E-state index contributed by atoms with van der Waals surface area (Å²) >= 11 is 3.10. The van der Waals surface area contributed by atoms with Gasteiger partial charge in [0.25, 0.3) is 0 Å². The fourth-order valence-corrected chi connectivity index (χ4v) is 2.01. The first-order chi connectivity index (χ1) is 8.47. The van der Waals surface area contributed by atoms with Crippen molar-refractivity contribution in [2.24, 2.45) is 0 Å². The summed E-state index contributed by atoms with van der Waals surface area (Å²) in [5, 5.41) is 3.12. The third kappa shape index (κ3) is 2.64. The molecule has 18 heavy (non-hydrogen) atoms. The fourth-order valence-electron chi connectivity index (χ4n) is 1.65. The van der Waals surface area contributed by atoms with Crippen LogP contribution in [0.2, 0.25) is 0 Å². The summed E-state index contributed by atoms with van der Waals surface area (Å²) in [5.74, 6) is -0.337. The molecule has 0 radical (unpaired) electrons. The summed E-state index contributed by atoms with van der Waals surface area (Å²) in [7, 11) is 0. The summed E-state index contributed by atoms with van der Waals surface area (Å²) in [6.07, 6.45) is 0. The van der Waals surface area contributed by atoms with E-state index in [1.165, 1.54) is 17.2 Å². The molecule has 94 valence electrons. The second-order valence-electron chi connectivity index (χ2n) is 4.28. The number of halogens is 2. The molecule has 3 N–H and O–H groups in total. The first-order valence-electron chi connectivity index (χ1n) is 5.56. The van der Waals surface area contributed by atoms with Gasteiger partial charge in [0, 0.05) is 11.8 Å². The zero-order chi connectivity index (χ0) is 13.3. The van der Waals surface area contributed by atoms with Gasteiger partial charge in [0.1, 0.15) is 5.82 Å². The van der Waals surface area contributed by atoms with Crippen LogP contribution >= 0.6 is 15.9 Å². The highest BCUT2D eigenvalue weighted by Gasteiger charge is 2.06. The molecule has 0 unspecified atom stereocenters. The topological polar surface area (TPSA) is 38.0 Å². The van der Waals surface area contributed by atoms with Gasteiger partial charge in [0.2, 0.25) is 0 Å². The molecule has 0 aliphatic heterocycles. The number of hydrogen-bond donors (Lipinski definition) is 2. The highest BCUT2D eigenvalue weighted by Crippen LogP contribution is 2.29. The minimum atomic E-state index is -0.337. The van der Waals surface area contributed by atoms with Crippen molar-refractivity contribution in [1.82, 2.24) is 0 Å². The van der Waals surface area contributed by atoms with Crippen molar-refractivity contribution in [3.8, 4) is 0 Å². The standard InChI is InChI=1S/C14H14BrFN2/c1-8-3-4-10(5-9(8)2)18-14-7-12(16)11(15)6-13(14)17/h3-7,18H,17H2,1-2H3. The molecule has 0 aromatic heterocycles. The van der Waals surface area contributed by atoms with E-state index in [2.05, 4.69) is 21.2 Å². The van der Waals surface area contributed by atoms with Gasteiger partial charge in [-0.3, -0.25) is 0 Å². The molecule has 0 aliphatic rings. The lowest BCUT2D eigenvalue weighted by Gasteiger charge is -2.11. The number of benzene rings is 2. The van der Waals surface area contributed by atoms with Crippen molar-refractivity contribution in [3.05, 3.63) is 51.7 Å². The fraction of sp³-hybridized carbons (Fsp3) is 0.143. The largest absolute Gasteiger partial charge is 0.397 e. The SMILES string of the molecule is Cc1ccc(Nc2cc(F)c(Br)cc2N)cc1C. The van der Waals surface area contributed by atoms with Gasteiger partial charge in [-0.25, -0.2) is 4.39 Å². The molecular weight excluding hydrogens is 295 g/mol. The summed E-state index contributed by atoms with van der Waals surface area (Å²) < 4.78 is 13.8. The van der Waals surface area contributed by atoms with Crippen LogP contribution in [0.15, 0.2) is 34.8 Å². The molecule has 0 saturated heterocycles. The van der Waals surface area contributed by atoms with Gasteiger partial charge in [-0.15, -0.1) is 0 Å². The maximum atomic E-state index is 13.5. The molecule has 0 bridgehead atoms. The lowest BCUT2D eigenvalue weighted by molar-refractivity contribution is 0.622. The van der Waals surface area contributed by atoms with E-state index in [4.69, 9.17) is 5.73 Å². The van der Waals surface area contributed by atoms with Crippen molar-refractivity contribution in [2.45, 2.75) is 13.8 Å². The zero-order valence-electron chi connectivity index (χ0n) is 10.2. The average molecular weight is 309 g/mol. The smallest absolute Gasteiger partial charge is 0.139 e. The molecule has 4 heteroatoms. The van der Waals surface area contributed by atoms with Crippen molar-refractivity contribution < 1.29 is 4.39 Å². The van der Waals surface area contributed by atoms with Crippen LogP contribution in [0, 0.1) is 19.7 Å². The molecule has 0 fully saturated rings. The quantitative estimate of drug-likeness (QED) is 0.800. The monoisotopic (exact) mass is 308 g/mol. The summed E-state index contributed by atoms with van der Waals surface area (Å²) in [6, 6.07) is 8.91. The van der Waals surface area contributed by atoms with Gasteiger partial charge in [-0.1, -0.05) is 6.07 Å². The molecular formula is C14H14BrFN2. The van der Waals surface area contributed by atoms with Gasteiger partial charge in [-0.05, 0) is 59.1 Å². The van der Waals surface area contributed by atoms with Crippen LogP contribution in [0.25, 0.3) is 0 Å². The normalized spacial score (nSPS) is 10.4. The third-order valence-electron chi connectivity index (χ3n) is 2.88. The molecule has 0 spiro atoms.